The molecule has 2 rings (SSSR count). The number of rotatable bonds is 2. The summed E-state index contributed by atoms with van der Waals surface area (Å²) in [4.78, 5) is 13.5. The Hall–Kier alpha value is -1.31. The van der Waals surface area contributed by atoms with Crippen molar-refractivity contribution in [1.29, 1.82) is 0 Å². The fourth-order valence-electron chi connectivity index (χ4n) is 2.14. The number of nitrogens with zero attached hydrogens (tertiary/aromatic N) is 1. The van der Waals surface area contributed by atoms with E-state index in [0.717, 1.165) is 25.1 Å². The Balaban J connectivity index is 2.32. The quantitative estimate of drug-likeness (QED) is 0.723. The number of anilines is 1. The van der Waals surface area contributed by atoms with E-state index < -0.39 is 0 Å². The van der Waals surface area contributed by atoms with Crippen LogP contribution >= 0.6 is 0 Å². The van der Waals surface area contributed by atoms with Gasteiger partial charge >= 0.3 is 0 Å². The van der Waals surface area contributed by atoms with Crippen molar-refractivity contribution >= 4 is 11.6 Å². The van der Waals surface area contributed by atoms with Gasteiger partial charge < -0.3 is 4.90 Å². The van der Waals surface area contributed by atoms with Gasteiger partial charge in [-0.25, -0.2) is 0 Å². The van der Waals surface area contributed by atoms with Crippen molar-refractivity contribution in [3.63, 3.8) is 0 Å². The van der Waals surface area contributed by atoms with Gasteiger partial charge in [0, 0.05) is 18.7 Å². The molecule has 1 aliphatic rings. The lowest BCUT2D eigenvalue weighted by Crippen LogP contribution is -2.24. The Morgan fingerprint density at radius 1 is 1.40 bits per heavy atom. The van der Waals surface area contributed by atoms with Crippen molar-refractivity contribution in [1.82, 2.24) is 0 Å². The minimum Gasteiger partial charge on any atom is -0.312 e. The maximum Gasteiger partial charge on any atom is 0.227 e. The van der Waals surface area contributed by atoms with Gasteiger partial charge in [-0.3, -0.25) is 4.79 Å². The van der Waals surface area contributed by atoms with E-state index in [1.54, 1.807) is 0 Å². The molecule has 1 aromatic carbocycles. The van der Waals surface area contributed by atoms with Gasteiger partial charge in [-0.1, -0.05) is 19.1 Å². The average molecular weight is 203 g/mol. The zero-order valence-electron chi connectivity index (χ0n) is 9.42. The summed E-state index contributed by atoms with van der Waals surface area (Å²) in [6.45, 7) is 5.11. The highest BCUT2D eigenvalue weighted by atomic mass is 16.2. The molecule has 0 saturated carbocycles. The van der Waals surface area contributed by atoms with Crippen LogP contribution in [0.1, 0.15) is 30.9 Å². The summed E-state index contributed by atoms with van der Waals surface area (Å²) in [6.07, 6.45) is 2.75. The molecule has 80 valence electrons. The van der Waals surface area contributed by atoms with Gasteiger partial charge in [0.25, 0.3) is 0 Å². The van der Waals surface area contributed by atoms with E-state index in [2.05, 4.69) is 32.0 Å². The maximum atomic E-state index is 11.6. The fourth-order valence-corrected chi connectivity index (χ4v) is 2.14. The standard InChI is InChI=1S/C13H17NO/c1-3-11-6-7-12(10(2)9-11)14-8-4-5-13(14)15/h6-7,9H,3-5,8H2,1-2H3. The predicted molar refractivity (Wildman–Crippen MR) is 62.1 cm³/mol. The number of hydrogen-bond acceptors (Lipinski definition) is 1. The Morgan fingerprint density at radius 3 is 2.73 bits per heavy atom. The van der Waals surface area contributed by atoms with Crippen LogP contribution in [0.2, 0.25) is 0 Å². The van der Waals surface area contributed by atoms with Gasteiger partial charge in [0.2, 0.25) is 5.91 Å². The van der Waals surface area contributed by atoms with Gasteiger partial charge in [-0.15, -0.1) is 0 Å². The highest BCUT2D eigenvalue weighted by Gasteiger charge is 2.22. The summed E-state index contributed by atoms with van der Waals surface area (Å²) in [5.74, 6) is 0.266. The molecule has 0 aromatic heterocycles. The first-order valence-corrected chi connectivity index (χ1v) is 5.62. The average Bonchev–Trinajstić information content (AvgIpc) is 2.64. The molecule has 0 aliphatic carbocycles. The Kier molecular flexibility index (Phi) is 2.76. The van der Waals surface area contributed by atoms with Gasteiger partial charge in [0.05, 0.1) is 0 Å². The number of benzene rings is 1. The Bertz CT molecular complexity index is 384. The van der Waals surface area contributed by atoms with Gasteiger partial charge in [-0.2, -0.15) is 0 Å². The van der Waals surface area contributed by atoms with Crippen LogP contribution in [0.3, 0.4) is 0 Å². The van der Waals surface area contributed by atoms with Crippen LogP contribution in [0, 0.1) is 6.92 Å². The molecule has 0 atom stereocenters. The lowest BCUT2D eigenvalue weighted by atomic mass is 10.1. The summed E-state index contributed by atoms with van der Waals surface area (Å²) in [6, 6.07) is 6.38. The molecule has 1 aliphatic heterocycles. The van der Waals surface area contributed by atoms with Gasteiger partial charge in [0.1, 0.15) is 0 Å². The highest BCUT2D eigenvalue weighted by Crippen LogP contribution is 2.25. The van der Waals surface area contributed by atoms with Crippen LogP contribution < -0.4 is 4.90 Å². The van der Waals surface area contributed by atoms with E-state index in [-0.39, 0.29) is 5.91 Å². The number of carbonyl (C=O) groups is 1. The van der Waals surface area contributed by atoms with Crippen molar-refractivity contribution in [2.75, 3.05) is 11.4 Å². The third-order valence-corrected chi connectivity index (χ3v) is 3.03. The minimum absolute atomic E-state index is 0.266. The lowest BCUT2D eigenvalue weighted by molar-refractivity contribution is -0.117. The van der Waals surface area contributed by atoms with Crippen molar-refractivity contribution in [2.45, 2.75) is 33.1 Å². The normalized spacial score (nSPS) is 16.1. The van der Waals surface area contributed by atoms with Crippen LogP contribution in [-0.2, 0) is 11.2 Å². The van der Waals surface area contributed by atoms with Crippen molar-refractivity contribution in [3.8, 4) is 0 Å². The topological polar surface area (TPSA) is 20.3 Å². The predicted octanol–water partition coefficient (Wildman–Crippen LogP) is 2.68. The second kappa shape index (κ2) is 4.05. The molecule has 0 spiro atoms. The molecular weight excluding hydrogens is 186 g/mol. The van der Waals surface area contributed by atoms with E-state index >= 15 is 0 Å². The zero-order valence-corrected chi connectivity index (χ0v) is 9.42. The molecule has 0 N–H and O–H groups in total. The molecule has 0 radical (unpaired) electrons. The third kappa shape index (κ3) is 1.89. The number of hydrogen-bond donors (Lipinski definition) is 0. The molecule has 15 heavy (non-hydrogen) atoms. The van der Waals surface area contributed by atoms with Crippen LogP contribution in [0.25, 0.3) is 0 Å². The molecule has 1 saturated heterocycles. The second-order valence-corrected chi connectivity index (χ2v) is 4.12. The summed E-state index contributed by atoms with van der Waals surface area (Å²) in [5.41, 5.74) is 3.64. The Labute approximate surface area is 90.9 Å². The SMILES string of the molecule is CCc1ccc(N2CCCC2=O)c(C)c1. The molecule has 1 fully saturated rings. The lowest BCUT2D eigenvalue weighted by Gasteiger charge is -2.18. The molecule has 1 aromatic rings. The first-order chi connectivity index (χ1) is 7.22. The van der Waals surface area contributed by atoms with Crippen molar-refractivity contribution in [3.05, 3.63) is 29.3 Å². The molecule has 0 bridgehead atoms. The largest absolute Gasteiger partial charge is 0.312 e. The van der Waals surface area contributed by atoms with Crippen molar-refractivity contribution < 1.29 is 4.79 Å². The number of amides is 1. The van der Waals surface area contributed by atoms with E-state index in [1.165, 1.54) is 11.1 Å². The van der Waals surface area contributed by atoms with Crippen LogP contribution in [0.15, 0.2) is 18.2 Å². The molecule has 2 heteroatoms. The van der Waals surface area contributed by atoms with Gasteiger partial charge in [-0.05, 0) is 37.0 Å². The van der Waals surface area contributed by atoms with Crippen LogP contribution in [-0.4, -0.2) is 12.5 Å². The first kappa shape index (κ1) is 10.2. The summed E-state index contributed by atoms with van der Waals surface area (Å²) in [7, 11) is 0. The smallest absolute Gasteiger partial charge is 0.227 e. The van der Waals surface area contributed by atoms with E-state index in [9.17, 15) is 4.79 Å². The monoisotopic (exact) mass is 203 g/mol. The summed E-state index contributed by atoms with van der Waals surface area (Å²) >= 11 is 0. The van der Waals surface area contributed by atoms with Crippen molar-refractivity contribution in [2.24, 2.45) is 0 Å². The van der Waals surface area contributed by atoms with E-state index in [0.29, 0.717) is 6.42 Å². The highest BCUT2D eigenvalue weighted by molar-refractivity contribution is 5.96. The maximum absolute atomic E-state index is 11.6. The number of aryl methyl sites for hydroxylation is 2. The Morgan fingerprint density at radius 2 is 2.20 bits per heavy atom. The molecule has 1 heterocycles. The van der Waals surface area contributed by atoms with E-state index in [4.69, 9.17) is 0 Å². The van der Waals surface area contributed by atoms with Crippen LogP contribution in [0.5, 0.6) is 0 Å². The third-order valence-electron chi connectivity index (χ3n) is 3.03. The fraction of sp³-hybridized carbons (Fsp3) is 0.462. The molecule has 0 unspecified atom stereocenters. The molecular formula is C13H17NO. The van der Waals surface area contributed by atoms with Gasteiger partial charge in [0.15, 0.2) is 0 Å². The summed E-state index contributed by atoms with van der Waals surface area (Å²) in [5, 5.41) is 0. The zero-order chi connectivity index (χ0) is 10.8. The molecule has 1 amide bonds. The summed E-state index contributed by atoms with van der Waals surface area (Å²) < 4.78 is 0. The second-order valence-electron chi connectivity index (χ2n) is 4.12. The number of carbonyl (C=O) groups excluding carboxylic acids is 1. The minimum atomic E-state index is 0.266. The molecule has 2 nitrogen and oxygen atoms in total. The van der Waals surface area contributed by atoms with E-state index in [1.807, 2.05) is 4.90 Å². The van der Waals surface area contributed by atoms with Crippen LogP contribution in [0.4, 0.5) is 5.69 Å². The first-order valence-electron chi connectivity index (χ1n) is 5.62.